The lowest BCUT2D eigenvalue weighted by atomic mass is 9.94. The molecule has 0 unspecified atom stereocenters. The Bertz CT molecular complexity index is 409. The van der Waals surface area contributed by atoms with Crippen molar-refractivity contribution >= 4 is 17.8 Å². The van der Waals surface area contributed by atoms with Crippen molar-refractivity contribution < 1.29 is 37.6 Å². The van der Waals surface area contributed by atoms with E-state index in [0.717, 1.165) is 0 Å². The quantitative estimate of drug-likeness (QED) is 0.476. The lowest BCUT2D eigenvalue weighted by Crippen LogP contribution is -3.00. The van der Waals surface area contributed by atoms with Crippen LogP contribution in [-0.2, 0) is 14.4 Å². The highest BCUT2D eigenvalue weighted by atomic mass is 35.5. The summed E-state index contributed by atoms with van der Waals surface area (Å²) >= 11 is 0. The molecule has 0 bridgehead atoms. The zero-order valence-corrected chi connectivity index (χ0v) is 14.1. The summed E-state index contributed by atoms with van der Waals surface area (Å²) in [7, 11) is 0. The Morgan fingerprint density at radius 1 is 1.18 bits per heavy atom. The maximum Gasteiger partial charge on any atom is 0.325 e. The van der Waals surface area contributed by atoms with E-state index in [2.05, 4.69) is 11.1 Å². The van der Waals surface area contributed by atoms with Gasteiger partial charge >= 0.3 is 5.97 Å². The highest BCUT2D eigenvalue weighted by molar-refractivity contribution is 5.85. The van der Waals surface area contributed by atoms with Crippen molar-refractivity contribution in [3.05, 3.63) is 0 Å². The van der Waals surface area contributed by atoms with Gasteiger partial charge in [0, 0.05) is 24.9 Å². The molecule has 22 heavy (non-hydrogen) atoms. The fraction of sp³-hybridized carbons (Fsp3) is 0.786. The molecule has 128 valence electrons. The summed E-state index contributed by atoms with van der Waals surface area (Å²) in [6.45, 7) is 6.41. The molecule has 0 saturated carbocycles. The Hall–Kier alpha value is -1.34. The van der Waals surface area contributed by atoms with Crippen molar-refractivity contribution in [1.82, 2.24) is 10.2 Å². The van der Waals surface area contributed by atoms with Gasteiger partial charge in [0.05, 0.1) is 0 Å². The molecule has 0 radical (unpaired) electrons. The summed E-state index contributed by atoms with van der Waals surface area (Å²) in [6, 6.07) is -1.15. The van der Waals surface area contributed by atoms with Crippen LogP contribution in [0.4, 0.5) is 0 Å². The molecule has 1 rings (SSSR count). The van der Waals surface area contributed by atoms with E-state index >= 15 is 0 Å². The molecule has 5 N–H and O–H groups in total. The van der Waals surface area contributed by atoms with Gasteiger partial charge in [-0.1, -0.05) is 13.8 Å². The van der Waals surface area contributed by atoms with Crippen molar-refractivity contribution in [2.45, 2.75) is 45.7 Å². The smallest absolute Gasteiger partial charge is 0.325 e. The summed E-state index contributed by atoms with van der Waals surface area (Å²) in [6.07, 6.45) is 1.13. The van der Waals surface area contributed by atoms with Crippen LogP contribution in [0, 0.1) is 11.8 Å². The Labute approximate surface area is 137 Å². The third-order valence-corrected chi connectivity index (χ3v) is 4.03. The van der Waals surface area contributed by atoms with Gasteiger partial charge in [-0.05, 0) is 19.8 Å². The second kappa shape index (κ2) is 8.95. The number of carboxylic acid groups (broad SMARTS) is 1. The van der Waals surface area contributed by atoms with Gasteiger partial charge < -0.3 is 33.5 Å². The molecule has 1 saturated heterocycles. The molecule has 8 heteroatoms. The average molecular weight is 336 g/mol. The molecule has 7 nitrogen and oxygen atoms in total. The molecule has 0 aromatic rings. The number of halogens is 1. The van der Waals surface area contributed by atoms with Crippen molar-refractivity contribution in [2.75, 3.05) is 13.1 Å². The number of amides is 2. The number of carbonyl (C=O) groups is 3. The minimum absolute atomic E-state index is 0. The van der Waals surface area contributed by atoms with E-state index in [0.29, 0.717) is 25.9 Å². The molecule has 2 amide bonds. The molecule has 1 aliphatic rings. The van der Waals surface area contributed by atoms with Crippen LogP contribution in [0.15, 0.2) is 0 Å². The summed E-state index contributed by atoms with van der Waals surface area (Å²) in [5.41, 5.74) is 3.89. The molecule has 1 aliphatic heterocycles. The number of carboxylic acids is 1. The van der Waals surface area contributed by atoms with Crippen LogP contribution in [-0.4, -0.2) is 53.0 Å². The molecule has 0 spiro atoms. The van der Waals surface area contributed by atoms with Gasteiger partial charge in [0.15, 0.2) is 6.04 Å². The van der Waals surface area contributed by atoms with Crippen LogP contribution in [0.2, 0.25) is 0 Å². The van der Waals surface area contributed by atoms with E-state index in [-0.39, 0.29) is 42.1 Å². The number of aliphatic carboxylic acids is 1. The number of quaternary nitrogens is 1. The van der Waals surface area contributed by atoms with Gasteiger partial charge in [-0.3, -0.25) is 14.4 Å². The minimum Gasteiger partial charge on any atom is -1.00 e. The van der Waals surface area contributed by atoms with Gasteiger partial charge in [-0.25, -0.2) is 0 Å². The first-order chi connectivity index (χ1) is 9.73. The number of piperidine rings is 1. The molecule has 1 heterocycles. The molecular weight excluding hydrogens is 310 g/mol. The fourth-order valence-electron chi connectivity index (χ4n) is 2.27. The highest BCUT2D eigenvalue weighted by Gasteiger charge is 2.32. The van der Waals surface area contributed by atoms with E-state index in [9.17, 15) is 14.4 Å². The van der Waals surface area contributed by atoms with Crippen LogP contribution in [0.3, 0.4) is 0 Å². The number of rotatable bonds is 5. The van der Waals surface area contributed by atoms with E-state index in [1.54, 1.807) is 4.90 Å². The van der Waals surface area contributed by atoms with Crippen LogP contribution >= 0.6 is 0 Å². The standard InChI is InChI=1S/C14H25N3O4.ClH/c1-8(2)11(15)13(19)17-6-4-10(5-7-17)12(18)16-9(3)14(20)21;/h8-11H,4-7,15H2,1-3H3,(H,16,18)(H,20,21);1H/t9-,11-;/m0./s1. The Morgan fingerprint density at radius 2 is 1.68 bits per heavy atom. The van der Waals surface area contributed by atoms with Gasteiger partial charge in [0.2, 0.25) is 5.91 Å². The van der Waals surface area contributed by atoms with Crippen molar-refractivity contribution in [3.8, 4) is 0 Å². The molecule has 0 aromatic heterocycles. The zero-order chi connectivity index (χ0) is 16.2. The fourth-order valence-corrected chi connectivity index (χ4v) is 2.27. The lowest BCUT2D eigenvalue weighted by molar-refractivity contribution is -0.416. The number of hydrogen-bond acceptors (Lipinski definition) is 3. The van der Waals surface area contributed by atoms with Gasteiger partial charge in [-0.15, -0.1) is 0 Å². The van der Waals surface area contributed by atoms with Gasteiger partial charge in [0.1, 0.15) is 6.04 Å². The number of likely N-dealkylation sites (tertiary alicyclic amines) is 1. The van der Waals surface area contributed by atoms with Crippen molar-refractivity contribution in [3.63, 3.8) is 0 Å². The molecule has 2 atom stereocenters. The first kappa shape index (κ1) is 20.7. The van der Waals surface area contributed by atoms with Gasteiger partial charge in [0.25, 0.3) is 5.91 Å². The first-order valence-electron chi connectivity index (χ1n) is 7.39. The highest BCUT2D eigenvalue weighted by Crippen LogP contribution is 2.18. The maximum atomic E-state index is 12.2. The number of carbonyl (C=O) groups excluding carboxylic acids is 2. The number of nitrogens with zero attached hydrogens (tertiary/aromatic N) is 1. The summed E-state index contributed by atoms with van der Waals surface area (Å²) in [4.78, 5) is 36.6. The summed E-state index contributed by atoms with van der Waals surface area (Å²) in [5, 5.41) is 11.3. The van der Waals surface area contributed by atoms with Crippen LogP contribution in [0.25, 0.3) is 0 Å². The number of nitrogens with one attached hydrogen (secondary N) is 1. The lowest BCUT2D eigenvalue weighted by Gasteiger charge is -2.32. The third kappa shape index (κ3) is 5.46. The number of hydrogen-bond donors (Lipinski definition) is 3. The zero-order valence-electron chi connectivity index (χ0n) is 13.3. The topological polar surface area (TPSA) is 114 Å². The van der Waals surface area contributed by atoms with Crippen LogP contribution in [0.1, 0.15) is 33.6 Å². The molecule has 1 fully saturated rings. The molecular formula is C14H26ClN3O4. The SMILES string of the molecule is CC(C)[C@H]([NH3+])C(=O)N1CCC(C(=O)N[C@@H](C)C(=O)O)CC1.[Cl-]. The van der Waals surface area contributed by atoms with Gasteiger partial charge in [-0.2, -0.15) is 0 Å². The Morgan fingerprint density at radius 3 is 2.09 bits per heavy atom. The molecule has 0 aliphatic carbocycles. The normalized spacial score (nSPS) is 18.3. The molecule has 0 aromatic carbocycles. The van der Waals surface area contributed by atoms with Crippen LogP contribution in [0.5, 0.6) is 0 Å². The van der Waals surface area contributed by atoms with E-state index in [4.69, 9.17) is 5.11 Å². The Balaban J connectivity index is 0.00000441. The predicted octanol–water partition coefficient (Wildman–Crippen LogP) is -3.92. The third-order valence-electron chi connectivity index (χ3n) is 4.03. The monoisotopic (exact) mass is 335 g/mol. The Kier molecular flexibility index (Phi) is 8.40. The minimum atomic E-state index is -1.05. The first-order valence-corrected chi connectivity index (χ1v) is 7.39. The second-order valence-electron chi connectivity index (χ2n) is 6.02. The maximum absolute atomic E-state index is 12.2. The van der Waals surface area contributed by atoms with E-state index in [1.807, 2.05) is 13.8 Å². The average Bonchev–Trinajstić information content (AvgIpc) is 2.45. The summed E-state index contributed by atoms with van der Waals surface area (Å²) < 4.78 is 0. The van der Waals surface area contributed by atoms with E-state index < -0.39 is 12.0 Å². The summed E-state index contributed by atoms with van der Waals surface area (Å²) in [5.74, 6) is -1.30. The van der Waals surface area contributed by atoms with E-state index in [1.165, 1.54) is 6.92 Å². The second-order valence-corrected chi connectivity index (χ2v) is 6.02. The van der Waals surface area contributed by atoms with Crippen LogP contribution < -0.4 is 23.5 Å². The largest absolute Gasteiger partial charge is 1.00 e. The predicted molar refractivity (Wildman–Crippen MR) is 76.1 cm³/mol. The van der Waals surface area contributed by atoms with Crippen molar-refractivity contribution in [2.24, 2.45) is 11.8 Å². The van der Waals surface area contributed by atoms with Crippen molar-refractivity contribution in [1.29, 1.82) is 0 Å².